The van der Waals surface area contributed by atoms with Gasteiger partial charge in [0.05, 0.1) is 6.21 Å². The van der Waals surface area contributed by atoms with Crippen molar-refractivity contribution < 1.29 is 14.0 Å². The third-order valence-electron chi connectivity index (χ3n) is 2.49. The Morgan fingerprint density at radius 1 is 1.35 bits per heavy atom. The summed E-state index contributed by atoms with van der Waals surface area (Å²) in [7, 11) is 0. The third kappa shape index (κ3) is 3.66. The SMILES string of the molecule is CCCCC(=C(F)F)c1ccccc1/C=N/O. The first-order valence-corrected chi connectivity index (χ1v) is 5.51. The molecule has 0 atom stereocenters. The van der Waals surface area contributed by atoms with E-state index in [-0.39, 0.29) is 5.57 Å². The second-order valence-electron chi connectivity index (χ2n) is 3.67. The van der Waals surface area contributed by atoms with Gasteiger partial charge in [-0.1, -0.05) is 42.8 Å². The fourth-order valence-electron chi connectivity index (χ4n) is 1.63. The Hall–Kier alpha value is -1.71. The Labute approximate surface area is 99.3 Å². The van der Waals surface area contributed by atoms with Gasteiger partial charge >= 0.3 is 0 Å². The largest absolute Gasteiger partial charge is 0.411 e. The van der Waals surface area contributed by atoms with Crippen molar-refractivity contribution in [3.63, 3.8) is 0 Å². The number of allylic oxidation sites excluding steroid dienone is 1. The Bertz CT molecular complexity index is 423. The normalized spacial score (nSPS) is 10.8. The zero-order valence-corrected chi connectivity index (χ0v) is 9.66. The first-order valence-electron chi connectivity index (χ1n) is 5.51. The van der Waals surface area contributed by atoms with Gasteiger partial charge in [-0.3, -0.25) is 0 Å². The molecule has 4 heteroatoms. The summed E-state index contributed by atoms with van der Waals surface area (Å²) in [6, 6.07) is 6.66. The van der Waals surface area contributed by atoms with Crippen LogP contribution in [-0.2, 0) is 0 Å². The standard InChI is InChI=1S/C13H15F2NO/c1-2-3-7-12(13(14)15)11-8-5-4-6-10(11)9-16-17/h4-6,8-9,17H,2-3,7H2,1H3/b16-9+. The van der Waals surface area contributed by atoms with E-state index in [1.54, 1.807) is 24.3 Å². The van der Waals surface area contributed by atoms with Crippen LogP contribution in [0.5, 0.6) is 0 Å². The van der Waals surface area contributed by atoms with Crippen molar-refractivity contribution in [1.29, 1.82) is 0 Å². The van der Waals surface area contributed by atoms with Gasteiger partial charge in [0.15, 0.2) is 0 Å². The zero-order chi connectivity index (χ0) is 12.7. The van der Waals surface area contributed by atoms with Gasteiger partial charge in [0.1, 0.15) is 0 Å². The van der Waals surface area contributed by atoms with Crippen LogP contribution in [-0.4, -0.2) is 11.4 Å². The van der Waals surface area contributed by atoms with E-state index in [2.05, 4.69) is 5.16 Å². The lowest BCUT2D eigenvalue weighted by Crippen LogP contribution is -1.94. The van der Waals surface area contributed by atoms with E-state index in [0.717, 1.165) is 6.42 Å². The molecule has 0 radical (unpaired) electrons. The minimum absolute atomic E-state index is 0.0300. The molecule has 17 heavy (non-hydrogen) atoms. The maximum absolute atomic E-state index is 12.9. The van der Waals surface area contributed by atoms with Gasteiger partial charge in [0.2, 0.25) is 0 Å². The summed E-state index contributed by atoms with van der Waals surface area (Å²) >= 11 is 0. The highest BCUT2D eigenvalue weighted by atomic mass is 19.3. The third-order valence-corrected chi connectivity index (χ3v) is 2.49. The molecule has 0 aliphatic heterocycles. The minimum atomic E-state index is -1.67. The Morgan fingerprint density at radius 3 is 2.65 bits per heavy atom. The predicted molar refractivity (Wildman–Crippen MR) is 64.5 cm³/mol. The highest BCUT2D eigenvalue weighted by Crippen LogP contribution is 2.28. The molecule has 0 bridgehead atoms. The highest BCUT2D eigenvalue weighted by Gasteiger charge is 2.12. The lowest BCUT2D eigenvalue weighted by atomic mass is 9.97. The Kier molecular flexibility index (Phi) is 5.33. The topological polar surface area (TPSA) is 32.6 Å². The van der Waals surface area contributed by atoms with Crippen LogP contribution in [0.4, 0.5) is 8.78 Å². The van der Waals surface area contributed by atoms with Gasteiger partial charge in [0.25, 0.3) is 6.08 Å². The molecule has 2 nitrogen and oxygen atoms in total. The average Bonchev–Trinajstić information content (AvgIpc) is 2.31. The van der Waals surface area contributed by atoms with Crippen LogP contribution in [0.15, 0.2) is 35.5 Å². The summed E-state index contributed by atoms with van der Waals surface area (Å²) in [5.74, 6) is 0. The van der Waals surface area contributed by atoms with Gasteiger partial charge in [-0.15, -0.1) is 0 Å². The summed E-state index contributed by atoms with van der Waals surface area (Å²) in [5.41, 5.74) is 0.954. The maximum atomic E-state index is 12.9. The van der Waals surface area contributed by atoms with Crippen molar-refractivity contribution in [3.05, 3.63) is 41.5 Å². The smallest absolute Gasteiger partial charge is 0.274 e. The molecule has 1 N–H and O–H groups in total. The number of rotatable bonds is 5. The van der Waals surface area contributed by atoms with Crippen molar-refractivity contribution in [2.75, 3.05) is 0 Å². The second kappa shape index (κ2) is 6.78. The molecule has 0 aromatic heterocycles. The lowest BCUT2D eigenvalue weighted by molar-refractivity contribution is 0.322. The number of hydrogen-bond acceptors (Lipinski definition) is 2. The first kappa shape index (κ1) is 13.4. The molecule has 0 saturated heterocycles. The zero-order valence-electron chi connectivity index (χ0n) is 9.66. The molecule has 0 heterocycles. The number of hydrogen-bond donors (Lipinski definition) is 1. The van der Waals surface area contributed by atoms with Crippen molar-refractivity contribution in [3.8, 4) is 0 Å². The summed E-state index contributed by atoms with van der Waals surface area (Å²) in [6.07, 6.45) is 1.39. The number of halogens is 2. The van der Waals surface area contributed by atoms with Gasteiger partial charge in [-0.05, 0) is 18.4 Å². The van der Waals surface area contributed by atoms with Crippen LogP contribution in [0.3, 0.4) is 0 Å². The average molecular weight is 239 g/mol. The molecule has 0 fully saturated rings. The van der Waals surface area contributed by atoms with Gasteiger partial charge in [-0.2, -0.15) is 8.78 Å². The lowest BCUT2D eigenvalue weighted by Gasteiger charge is -2.08. The maximum Gasteiger partial charge on any atom is 0.274 e. The fraction of sp³-hybridized carbons (Fsp3) is 0.308. The summed E-state index contributed by atoms with van der Waals surface area (Å²) < 4.78 is 25.8. The summed E-state index contributed by atoms with van der Waals surface area (Å²) in [6.45, 7) is 1.95. The first-order chi connectivity index (χ1) is 8.20. The molecule has 0 saturated carbocycles. The highest BCUT2D eigenvalue weighted by molar-refractivity contribution is 5.88. The van der Waals surface area contributed by atoms with Crippen LogP contribution in [0, 0.1) is 0 Å². The minimum Gasteiger partial charge on any atom is -0.411 e. The predicted octanol–water partition coefficient (Wildman–Crippen LogP) is 4.29. The molecule has 0 unspecified atom stereocenters. The van der Waals surface area contributed by atoms with Crippen molar-refractivity contribution in [1.82, 2.24) is 0 Å². The quantitative estimate of drug-likeness (QED) is 0.464. The molecule has 0 aliphatic rings. The number of unbranched alkanes of at least 4 members (excludes halogenated alkanes) is 1. The van der Waals surface area contributed by atoms with Crippen LogP contribution in [0.1, 0.15) is 37.3 Å². The van der Waals surface area contributed by atoms with E-state index < -0.39 is 6.08 Å². The van der Waals surface area contributed by atoms with Gasteiger partial charge in [-0.25, -0.2) is 0 Å². The number of benzene rings is 1. The second-order valence-corrected chi connectivity index (χ2v) is 3.67. The Morgan fingerprint density at radius 2 is 2.06 bits per heavy atom. The molecule has 0 spiro atoms. The van der Waals surface area contributed by atoms with Gasteiger partial charge in [0, 0.05) is 11.1 Å². The molecular weight excluding hydrogens is 224 g/mol. The number of oxime groups is 1. The molecular formula is C13H15F2NO. The van der Waals surface area contributed by atoms with E-state index in [1.165, 1.54) is 6.21 Å². The Balaban J connectivity index is 3.15. The van der Waals surface area contributed by atoms with Crippen LogP contribution in [0.2, 0.25) is 0 Å². The summed E-state index contributed by atoms with van der Waals surface area (Å²) in [5, 5.41) is 11.4. The molecule has 1 aromatic rings. The van der Waals surface area contributed by atoms with Crippen molar-refractivity contribution >= 4 is 11.8 Å². The molecule has 92 valence electrons. The van der Waals surface area contributed by atoms with E-state index in [1.807, 2.05) is 6.92 Å². The van der Waals surface area contributed by atoms with Crippen molar-refractivity contribution in [2.45, 2.75) is 26.2 Å². The van der Waals surface area contributed by atoms with Gasteiger partial charge < -0.3 is 5.21 Å². The number of nitrogens with zero attached hydrogens (tertiary/aromatic N) is 1. The van der Waals surface area contributed by atoms with E-state index >= 15 is 0 Å². The summed E-state index contributed by atoms with van der Waals surface area (Å²) in [4.78, 5) is 0. The molecule has 0 aliphatic carbocycles. The molecule has 1 aromatic carbocycles. The van der Waals surface area contributed by atoms with Crippen LogP contribution in [0.25, 0.3) is 5.57 Å². The van der Waals surface area contributed by atoms with Crippen molar-refractivity contribution in [2.24, 2.45) is 5.16 Å². The van der Waals surface area contributed by atoms with Crippen LogP contribution >= 0.6 is 0 Å². The van der Waals surface area contributed by atoms with E-state index in [4.69, 9.17) is 5.21 Å². The van der Waals surface area contributed by atoms with E-state index in [9.17, 15) is 8.78 Å². The molecule has 0 amide bonds. The molecule has 1 rings (SSSR count). The monoisotopic (exact) mass is 239 g/mol. The van der Waals surface area contributed by atoms with E-state index in [0.29, 0.717) is 24.0 Å². The fourth-order valence-corrected chi connectivity index (χ4v) is 1.63. The van der Waals surface area contributed by atoms with Crippen LogP contribution < -0.4 is 0 Å².